The van der Waals surface area contributed by atoms with E-state index in [9.17, 15) is 0 Å². The number of rotatable bonds is 5. The fourth-order valence-corrected chi connectivity index (χ4v) is 3.12. The van der Waals surface area contributed by atoms with Crippen LogP contribution in [0, 0.1) is 0 Å². The van der Waals surface area contributed by atoms with E-state index in [1.807, 2.05) is 6.07 Å². The topological polar surface area (TPSA) is 34.2 Å². The molecule has 0 saturated heterocycles. The first-order chi connectivity index (χ1) is 8.25. The van der Waals surface area contributed by atoms with Gasteiger partial charge in [0.25, 0.3) is 0 Å². The van der Waals surface area contributed by atoms with Crippen LogP contribution < -0.4 is 5.32 Å². The van der Waals surface area contributed by atoms with Crippen LogP contribution in [0.1, 0.15) is 25.7 Å². The van der Waals surface area contributed by atoms with E-state index in [2.05, 4.69) is 42.2 Å². The number of pyridine rings is 1. The molecule has 1 N–H and O–H groups in total. The third-order valence-electron chi connectivity index (χ3n) is 2.86. The van der Waals surface area contributed by atoms with Gasteiger partial charge in [0.2, 0.25) is 0 Å². The number of nitrogens with one attached hydrogen (secondary N) is 1. The highest BCUT2D eigenvalue weighted by Gasteiger charge is 2.14. The maximum Gasteiger partial charge on any atom is 0.140 e. The van der Waals surface area contributed by atoms with E-state index in [0.717, 1.165) is 27.9 Å². The highest BCUT2D eigenvalue weighted by molar-refractivity contribution is 9.11. The van der Waals surface area contributed by atoms with Crippen molar-refractivity contribution in [3.8, 4) is 0 Å². The second-order valence-corrected chi connectivity index (χ2v) is 5.96. The molecule has 1 aliphatic rings. The Hall–Kier alpha value is -0.130. The summed E-state index contributed by atoms with van der Waals surface area (Å²) in [6.45, 7) is 1.54. The number of hydrogen-bond acceptors (Lipinski definition) is 3. The molecule has 2 rings (SSSR count). The maximum atomic E-state index is 5.77. The van der Waals surface area contributed by atoms with Crippen molar-refractivity contribution in [3.63, 3.8) is 0 Å². The summed E-state index contributed by atoms with van der Waals surface area (Å²) >= 11 is 6.85. The molecule has 1 heterocycles. The summed E-state index contributed by atoms with van der Waals surface area (Å²) in [7, 11) is 0. The van der Waals surface area contributed by atoms with Crippen LogP contribution in [0.2, 0.25) is 0 Å². The highest BCUT2D eigenvalue weighted by Crippen LogP contribution is 2.23. The van der Waals surface area contributed by atoms with Crippen molar-refractivity contribution in [2.24, 2.45) is 0 Å². The summed E-state index contributed by atoms with van der Waals surface area (Å²) in [5, 5.41) is 3.26. The van der Waals surface area contributed by atoms with Crippen molar-refractivity contribution < 1.29 is 4.74 Å². The molecule has 5 heteroatoms. The van der Waals surface area contributed by atoms with Crippen LogP contribution in [0.4, 0.5) is 5.82 Å². The molecule has 0 radical (unpaired) electrons. The van der Waals surface area contributed by atoms with Crippen LogP contribution in [0.25, 0.3) is 0 Å². The van der Waals surface area contributed by atoms with Gasteiger partial charge in [0.1, 0.15) is 5.82 Å². The normalized spacial score (nSPS) is 16.4. The summed E-state index contributed by atoms with van der Waals surface area (Å²) in [4.78, 5) is 4.29. The van der Waals surface area contributed by atoms with Gasteiger partial charge in [-0.1, -0.05) is 12.8 Å². The Bertz CT molecular complexity index is 368. The van der Waals surface area contributed by atoms with Gasteiger partial charge in [-0.3, -0.25) is 0 Å². The number of aromatic nitrogens is 1. The Balaban J connectivity index is 1.70. The SMILES string of the molecule is Brc1cnc(NCCOC2CCCC2)c(Br)c1. The minimum absolute atomic E-state index is 0.484. The van der Waals surface area contributed by atoms with Crippen molar-refractivity contribution in [1.29, 1.82) is 0 Å². The van der Waals surface area contributed by atoms with Crippen LogP contribution >= 0.6 is 31.9 Å². The standard InChI is InChI=1S/C12H16Br2N2O/c13-9-7-11(14)12(16-8-9)15-5-6-17-10-3-1-2-4-10/h7-8,10H,1-6H2,(H,15,16). The zero-order chi connectivity index (χ0) is 12.1. The fourth-order valence-electron chi connectivity index (χ4n) is 1.99. The number of halogens is 2. The maximum absolute atomic E-state index is 5.77. The van der Waals surface area contributed by atoms with Crippen molar-refractivity contribution in [2.75, 3.05) is 18.5 Å². The van der Waals surface area contributed by atoms with E-state index >= 15 is 0 Å². The average Bonchev–Trinajstić information content (AvgIpc) is 2.79. The highest BCUT2D eigenvalue weighted by atomic mass is 79.9. The molecule has 1 aromatic heterocycles. The minimum atomic E-state index is 0.484. The van der Waals surface area contributed by atoms with Crippen LogP contribution in [0.15, 0.2) is 21.2 Å². The molecular weight excluding hydrogens is 348 g/mol. The number of ether oxygens (including phenoxy) is 1. The predicted molar refractivity (Wildman–Crippen MR) is 76.3 cm³/mol. The third kappa shape index (κ3) is 4.23. The summed E-state index contributed by atoms with van der Waals surface area (Å²) in [5.41, 5.74) is 0. The van der Waals surface area contributed by atoms with Gasteiger partial charge in [-0.05, 0) is 50.8 Å². The molecule has 0 unspecified atom stereocenters. The van der Waals surface area contributed by atoms with E-state index in [-0.39, 0.29) is 0 Å². The van der Waals surface area contributed by atoms with E-state index in [4.69, 9.17) is 4.74 Å². The monoisotopic (exact) mass is 362 g/mol. The molecule has 1 aromatic rings. The van der Waals surface area contributed by atoms with Crippen molar-refractivity contribution in [1.82, 2.24) is 4.98 Å². The molecule has 0 amide bonds. The van der Waals surface area contributed by atoms with Gasteiger partial charge in [0.15, 0.2) is 0 Å². The predicted octanol–water partition coefficient (Wildman–Crippen LogP) is 3.98. The molecule has 1 fully saturated rings. The number of nitrogens with zero attached hydrogens (tertiary/aromatic N) is 1. The van der Waals surface area contributed by atoms with Crippen LogP contribution in [0.3, 0.4) is 0 Å². The Kier molecular flexibility index (Phi) is 5.25. The second kappa shape index (κ2) is 6.71. The van der Waals surface area contributed by atoms with Gasteiger partial charge >= 0.3 is 0 Å². The van der Waals surface area contributed by atoms with E-state index in [1.54, 1.807) is 6.20 Å². The lowest BCUT2D eigenvalue weighted by atomic mass is 10.3. The summed E-state index contributed by atoms with van der Waals surface area (Å²) in [6.07, 6.45) is 7.35. The molecular formula is C12H16Br2N2O. The first-order valence-corrected chi connectivity index (χ1v) is 7.51. The van der Waals surface area contributed by atoms with Crippen molar-refractivity contribution >= 4 is 37.7 Å². The molecule has 0 spiro atoms. The Morgan fingerprint density at radius 1 is 1.35 bits per heavy atom. The van der Waals surface area contributed by atoms with Crippen molar-refractivity contribution in [2.45, 2.75) is 31.8 Å². The zero-order valence-electron chi connectivity index (χ0n) is 9.59. The molecule has 17 heavy (non-hydrogen) atoms. The summed E-state index contributed by atoms with van der Waals surface area (Å²) in [6, 6.07) is 1.98. The molecule has 0 aliphatic heterocycles. The summed E-state index contributed by atoms with van der Waals surface area (Å²) in [5.74, 6) is 0.864. The third-order valence-corrected chi connectivity index (χ3v) is 3.90. The van der Waals surface area contributed by atoms with E-state index in [0.29, 0.717) is 6.10 Å². The fraction of sp³-hybridized carbons (Fsp3) is 0.583. The molecule has 1 saturated carbocycles. The Labute approximate surface area is 119 Å². The molecule has 0 bridgehead atoms. The lowest BCUT2D eigenvalue weighted by Gasteiger charge is -2.12. The molecule has 0 atom stereocenters. The number of anilines is 1. The van der Waals surface area contributed by atoms with Gasteiger partial charge in [-0.2, -0.15) is 0 Å². The Morgan fingerprint density at radius 2 is 2.12 bits per heavy atom. The average molecular weight is 364 g/mol. The van der Waals surface area contributed by atoms with Crippen LogP contribution in [0.5, 0.6) is 0 Å². The smallest absolute Gasteiger partial charge is 0.140 e. The molecule has 94 valence electrons. The second-order valence-electron chi connectivity index (χ2n) is 4.19. The van der Waals surface area contributed by atoms with Gasteiger partial charge in [0, 0.05) is 17.2 Å². The lowest BCUT2D eigenvalue weighted by molar-refractivity contribution is 0.0658. The first kappa shape index (κ1) is 13.3. The minimum Gasteiger partial charge on any atom is -0.376 e. The van der Waals surface area contributed by atoms with Crippen LogP contribution in [-0.2, 0) is 4.74 Å². The van der Waals surface area contributed by atoms with Gasteiger partial charge in [0.05, 0.1) is 17.2 Å². The quantitative estimate of drug-likeness (QED) is 0.803. The number of hydrogen-bond donors (Lipinski definition) is 1. The van der Waals surface area contributed by atoms with Crippen LogP contribution in [-0.4, -0.2) is 24.2 Å². The Morgan fingerprint density at radius 3 is 2.82 bits per heavy atom. The molecule has 0 aromatic carbocycles. The zero-order valence-corrected chi connectivity index (χ0v) is 12.8. The van der Waals surface area contributed by atoms with Crippen molar-refractivity contribution in [3.05, 3.63) is 21.2 Å². The molecule has 3 nitrogen and oxygen atoms in total. The summed E-state index contributed by atoms with van der Waals surface area (Å²) < 4.78 is 7.71. The van der Waals surface area contributed by atoms with Gasteiger partial charge in [-0.25, -0.2) is 4.98 Å². The largest absolute Gasteiger partial charge is 0.376 e. The van der Waals surface area contributed by atoms with Gasteiger partial charge in [-0.15, -0.1) is 0 Å². The molecule has 1 aliphatic carbocycles. The lowest BCUT2D eigenvalue weighted by Crippen LogP contribution is -2.16. The first-order valence-electron chi connectivity index (χ1n) is 5.92. The van der Waals surface area contributed by atoms with E-state index < -0.39 is 0 Å². The van der Waals surface area contributed by atoms with E-state index in [1.165, 1.54) is 25.7 Å². The van der Waals surface area contributed by atoms with Gasteiger partial charge < -0.3 is 10.1 Å².